The van der Waals surface area contributed by atoms with Crippen molar-refractivity contribution >= 4 is 0 Å². The minimum atomic E-state index is 0.204. The highest BCUT2D eigenvalue weighted by molar-refractivity contribution is 5.10. The number of rotatable bonds is 6. The number of hydrogen-bond acceptors (Lipinski definition) is 5. The van der Waals surface area contributed by atoms with Crippen molar-refractivity contribution in [3.63, 3.8) is 0 Å². The molecule has 1 unspecified atom stereocenters. The maximum atomic E-state index is 5.57. The molecule has 0 spiro atoms. The van der Waals surface area contributed by atoms with Gasteiger partial charge in [0.05, 0.1) is 5.69 Å². The van der Waals surface area contributed by atoms with Crippen molar-refractivity contribution < 1.29 is 0 Å². The minimum Gasteiger partial charge on any atom is -0.271 e. The molecule has 0 fully saturated rings. The van der Waals surface area contributed by atoms with Crippen molar-refractivity contribution in [2.45, 2.75) is 25.3 Å². The first-order valence-electron chi connectivity index (χ1n) is 5.98. The van der Waals surface area contributed by atoms with Crippen LogP contribution in [0, 0.1) is 0 Å². The second-order valence-corrected chi connectivity index (χ2v) is 4.35. The van der Waals surface area contributed by atoms with Crippen molar-refractivity contribution in [1.82, 2.24) is 25.4 Å². The number of aryl methyl sites for hydroxylation is 2. The molecule has 0 aliphatic rings. The topological polar surface area (TPSA) is 81.7 Å². The lowest BCUT2D eigenvalue weighted by atomic mass is 10.0. The molecule has 0 saturated carbocycles. The van der Waals surface area contributed by atoms with Crippen LogP contribution in [0.25, 0.3) is 0 Å². The number of nitrogens with zero attached hydrogens (tertiary/aromatic N) is 4. The van der Waals surface area contributed by atoms with E-state index in [0.29, 0.717) is 0 Å². The third-order valence-corrected chi connectivity index (χ3v) is 2.87. The van der Waals surface area contributed by atoms with E-state index in [4.69, 9.17) is 5.84 Å². The van der Waals surface area contributed by atoms with Crippen LogP contribution >= 0.6 is 0 Å². The van der Waals surface area contributed by atoms with E-state index in [1.54, 1.807) is 4.68 Å². The quantitative estimate of drug-likeness (QED) is 0.563. The van der Waals surface area contributed by atoms with Gasteiger partial charge in [-0.3, -0.25) is 20.9 Å². The summed E-state index contributed by atoms with van der Waals surface area (Å²) in [5.74, 6) is 5.57. The Hall–Kier alpha value is -1.79. The fourth-order valence-electron chi connectivity index (χ4n) is 1.88. The van der Waals surface area contributed by atoms with Gasteiger partial charge in [-0.2, -0.15) is 0 Å². The molecule has 0 bridgehead atoms. The zero-order valence-electron chi connectivity index (χ0n) is 10.5. The number of aromatic nitrogens is 4. The van der Waals surface area contributed by atoms with Gasteiger partial charge in [0.2, 0.25) is 0 Å². The van der Waals surface area contributed by atoms with Crippen LogP contribution in [-0.4, -0.2) is 26.0 Å². The van der Waals surface area contributed by atoms with E-state index in [1.807, 2.05) is 37.8 Å². The molecule has 2 aromatic rings. The van der Waals surface area contributed by atoms with Gasteiger partial charge in [-0.05, 0) is 30.5 Å². The summed E-state index contributed by atoms with van der Waals surface area (Å²) in [6, 6.07) is 4.25. The molecule has 6 heteroatoms. The van der Waals surface area contributed by atoms with E-state index in [1.165, 1.54) is 5.56 Å². The van der Waals surface area contributed by atoms with Gasteiger partial charge in [0.25, 0.3) is 0 Å². The van der Waals surface area contributed by atoms with Crippen LogP contribution in [0.3, 0.4) is 0 Å². The van der Waals surface area contributed by atoms with Gasteiger partial charge in [-0.1, -0.05) is 5.21 Å². The SMILES string of the molecule is Cn1cc(CC(CCc2ccncc2)NN)nn1. The van der Waals surface area contributed by atoms with E-state index in [-0.39, 0.29) is 6.04 Å². The molecule has 2 heterocycles. The van der Waals surface area contributed by atoms with Crippen molar-refractivity contribution in [2.24, 2.45) is 12.9 Å². The largest absolute Gasteiger partial charge is 0.271 e. The lowest BCUT2D eigenvalue weighted by molar-refractivity contribution is 0.487. The first-order valence-corrected chi connectivity index (χ1v) is 5.98. The van der Waals surface area contributed by atoms with Gasteiger partial charge < -0.3 is 0 Å². The first kappa shape index (κ1) is 12.7. The van der Waals surface area contributed by atoms with Crippen molar-refractivity contribution in [3.8, 4) is 0 Å². The molecule has 2 rings (SSSR count). The van der Waals surface area contributed by atoms with Crippen LogP contribution in [0.15, 0.2) is 30.7 Å². The molecule has 0 radical (unpaired) electrons. The van der Waals surface area contributed by atoms with Crippen molar-refractivity contribution in [3.05, 3.63) is 42.0 Å². The second-order valence-electron chi connectivity index (χ2n) is 4.35. The van der Waals surface area contributed by atoms with Crippen LogP contribution in [-0.2, 0) is 19.9 Å². The molecule has 0 amide bonds. The van der Waals surface area contributed by atoms with Crippen LogP contribution in [0.4, 0.5) is 0 Å². The predicted molar refractivity (Wildman–Crippen MR) is 68.4 cm³/mol. The molecule has 2 aromatic heterocycles. The molecule has 1 atom stereocenters. The Morgan fingerprint density at radius 2 is 2.17 bits per heavy atom. The van der Waals surface area contributed by atoms with E-state index in [0.717, 1.165) is 25.0 Å². The summed E-state index contributed by atoms with van der Waals surface area (Å²) < 4.78 is 1.70. The van der Waals surface area contributed by atoms with Crippen molar-refractivity contribution in [2.75, 3.05) is 0 Å². The average molecular weight is 246 g/mol. The molecule has 0 aromatic carbocycles. The van der Waals surface area contributed by atoms with E-state index in [2.05, 4.69) is 20.7 Å². The van der Waals surface area contributed by atoms with Crippen LogP contribution in [0.5, 0.6) is 0 Å². The Labute approximate surface area is 106 Å². The van der Waals surface area contributed by atoms with Crippen molar-refractivity contribution in [1.29, 1.82) is 0 Å². The summed E-state index contributed by atoms with van der Waals surface area (Å²) in [6.45, 7) is 0. The smallest absolute Gasteiger partial charge is 0.0843 e. The Morgan fingerprint density at radius 3 is 2.78 bits per heavy atom. The molecule has 6 nitrogen and oxygen atoms in total. The summed E-state index contributed by atoms with van der Waals surface area (Å²) in [6.07, 6.45) is 8.24. The normalized spacial score (nSPS) is 12.6. The van der Waals surface area contributed by atoms with Crippen LogP contribution in [0.2, 0.25) is 0 Å². The number of hydrogen-bond donors (Lipinski definition) is 2. The van der Waals surface area contributed by atoms with Crippen LogP contribution < -0.4 is 11.3 Å². The number of pyridine rings is 1. The molecule has 96 valence electrons. The maximum Gasteiger partial charge on any atom is 0.0843 e. The summed E-state index contributed by atoms with van der Waals surface area (Å²) >= 11 is 0. The monoisotopic (exact) mass is 246 g/mol. The van der Waals surface area contributed by atoms with Crippen LogP contribution in [0.1, 0.15) is 17.7 Å². The Morgan fingerprint density at radius 1 is 1.39 bits per heavy atom. The summed E-state index contributed by atoms with van der Waals surface area (Å²) in [5, 5.41) is 7.98. The van der Waals surface area contributed by atoms with E-state index in [9.17, 15) is 0 Å². The van der Waals surface area contributed by atoms with Gasteiger partial charge in [0.1, 0.15) is 0 Å². The lowest BCUT2D eigenvalue weighted by Gasteiger charge is -2.14. The molecular formula is C12H18N6. The zero-order chi connectivity index (χ0) is 12.8. The van der Waals surface area contributed by atoms with Gasteiger partial charge in [0, 0.05) is 38.1 Å². The molecule has 18 heavy (non-hydrogen) atoms. The number of nitrogens with one attached hydrogen (secondary N) is 1. The Bertz CT molecular complexity index is 466. The highest BCUT2D eigenvalue weighted by atomic mass is 15.4. The summed E-state index contributed by atoms with van der Waals surface area (Å²) in [4.78, 5) is 4.00. The first-order chi connectivity index (χ1) is 8.78. The standard InChI is InChI=1S/C12H18N6/c1-18-9-12(16-17-18)8-11(15-13)3-2-10-4-6-14-7-5-10/h4-7,9,11,15H,2-3,8,13H2,1H3. The fourth-order valence-corrected chi connectivity index (χ4v) is 1.88. The summed E-state index contributed by atoms with van der Waals surface area (Å²) in [7, 11) is 1.86. The summed E-state index contributed by atoms with van der Waals surface area (Å²) in [5.41, 5.74) is 5.06. The van der Waals surface area contributed by atoms with E-state index >= 15 is 0 Å². The van der Waals surface area contributed by atoms with Gasteiger partial charge in [0.15, 0.2) is 0 Å². The number of nitrogens with two attached hydrogens (primary N) is 1. The van der Waals surface area contributed by atoms with Gasteiger partial charge in [-0.25, -0.2) is 0 Å². The highest BCUT2D eigenvalue weighted by Gasteiger charge is 2.10. The lowest BCUT2D eigenvalue weighted by Crippen LogP contribution is -2.37. The fraction of sp³-hybridized carbons (Fsp3) is 0.417. The zero-order valence-corrected chi connectivity index (χ0v) is 10.5. The minimum absolute atomic E-state index is 0.204. The third-order valence-electron chi connectivity index (χ3n) is 2.87. The molecular weight excluding hydrogens is 228 g/mol. The highest BCUT2D eigenvalue weighted by Crippen LogP contribution is 2.07. The number of hydrazine groups is 1. The molecule has 0 saturated heterocycles. The third kappa shape index (κ3) is 3.61. The second kappa shape index (κ2) is 6.23. The Balaban J connectivity index is 1.86. The average Bonchev–Trinajstić information content (AvgIpc) is 2.81. The molecule has 3 N–H and O–H groups in total. The Kier molecular flexibility index (Phi) is 4.38. The van der Waals surface area contributed by atoms with E-state index < -0.39 is 0 Å². The predicted octanol–water partition coefficient (Wildman–Crippen LogP) is 0.217. The molecule has 0 aliphatic carbocycles. The van der Waals surface area contributed by atoms with Gasteiger partial charge in [-0.15, -0.1) is 5.10 Å². The van der Waals surface area contributed by atoms with Gasteiger partial charge >= 0.3 is 0 Å². The maximum absolute atomic E-state index is 5.57. The molecule has 0 aliphatic heterocycles.